The number of piperazine rings is 1. The first kappa shape index (κ1) is 15.5. The van der Waals surface area contributed by atoms with Gasteiger partial charge in [0.15, 0.2) is 0 Å². The van der Waals surface area contributed by atoms with Crippen molar-refractivity contribution < 1.29 is 13.2 Å². The fraction of sp³-hybridized carbons (Fsp3) is 0.462. The first-order valence-electron chi connectivity index (χ1n) is 6.29. The summed E-state index contributed by atoms with van der Waals surface area (Å²) in [6, 6.07) is 5.50. The zero-order valence-electron chi connectivity index (χ0n) is 11.5. The molecule has 1 saturated heterocycles. The molecule has 0 saturated carbocycles. The number of hydrogen-bond donors (Lipinski definition) is 0. The van der Waals surface area contributed by atoms with Crippen LogP contribution in [0.15, 0.2) is 22.7 Å². The number of amides is 1. The molecular weight excluding hydrogens is 344 g/mol. The number of carbonyl (C=O) groups is 1. The minimum atomic E-state index is -3.16. The van der Waals surface area contributed by atoms with E-state index in [1.165, 1.54) is 10.6 Å². The zero-order valence-corrected chi connectivity index (χ0v) is 13.9. The van der Waals surface area contributed by atoms with Gasteiger partial charge in [0.1, 0.15) is 0 Å². The molecule has 1 amide bonds. The van der Waals surface area contributed by atoms with Crippen molar-refractivity contribution in [2.75, 3.05) is 32.4 Å². The molecule has 0 spiro atoms. The Labute approximate surface area is 127 Å². The summed E-state index contributed by atoms with van der Waals surface area (Å²) in [4.78, 5) is 14.0. The highest BCUT2D eigenvalue weighted by Gasteiger charge is 2.26. The van der Waals surface area contributed by atoms with Crippen molar-refractivity contribution in [3.63, 3.8) is 0 Å². The van der Waals surface area contributed by atoms with Crippen molar-refractivity contribution in [3.8, 4) is 0 Å². The van der Waals surface area contributed by atoms with Gasteiger partial charge in [0, 0.05) is 36.2 Å². The number of hydrogen-bond acceptors (Lipinski definition) is 3. The van der Waals surface area contributed by atoms with Crippen LogP contribution in [0.1, 0.15) is 15.9 Å². The lowest BCUT2D eigenvalue weighted by Crippen LogP contribution is -2.50. The average Bonchev–Trinajstić information content (AvgIpc) is 2.40. The fourth-order valence-corrected chi connectivity index (χ4v) is 3.34. The van der Waals surface area contributed by atoms with Crippen molar-refractivity contribution in [1.82, 2.24) is 9.21 Å². The number of benzene rings is 1. The SMILES string of the molecule is Cc1ccc(C(=O)N2CCN(S(C)(=O)=O)CC2)cc1Br. The molecule has 1 aliphatic heterocycles. The summed E-state index contributed by atoms with van der Waals surface area (Å²) in [5.41, 5.74) is 1.69. The molecule has 0 N–H and O–H groups in total. The Bertz CT molecular complexity index is 623. The number of nitrogens with zero attached hydrogens (tertiary/aromatic N) is 2. The predicted molar refractivity (Wildman–Crippen MR) is 81.2 cm³/mol. The Morgan fingerprint density at radius 1 is 1.20 bits per heavy atom. The van der Waals surface area contributed by atoms with Crippen LogP contribution in [-0.2, 0) is 10.0 Å². The maximum absolute atomic E-state index is 12.4. The quantitative estimate of drug-likeness (QED) is 0.802. The van der Waals surface area contributed by atoms with E-state index in [1.807, 2.05) is 13.0 Å². The zero-order chi connectivity index (χ0) is 14.9. The van der Waals surface area contributed by atoms with Crippen molar-refractivity contribution in [2.24, 2.45) is 0 Å². The van der Waals surface area contributed by atoms with Gasteiger partial charge in [-0.1, -0.05) is 22.0 Å². The van der Waals surface area contributed by atoms with Crippen molar-refractivity contribution in [1.29, 1.82) is 0 Å². The Morgan fingerprint density at radius 2 is 1.80 bits per heavy atom. The molecule has 2 rings (SSSR count). The molecule has 0 aromatic heterocycles. The van der Waals surface area contributed by atoms with Gasteiger partial charge >= 0.3 is 0 Å². The highest BCUT2D eigenvalue weighted by molar-refractivity contribution is 9.10. The van der Waals surface area contributed by atoms with E-state index in [1.54, 1.807) is 17.0 Å². The second kappa shape index (κ2) is 5.83. The minimum absolute atomic E-state index is 0.0566. The topological polar surface area (TPSA) is 57.7 Å². The second-order valence-electron chi connectivity index (χ2n) is 4.92. The molecule has 0 aliphatic carbocycles. The van der Waals surface area contributed by atoms with Crippen molar-refractivity contribution >= 4 is 31.9 Å². The molecule has 20 heavy (non-hydrogen) atoms. The number of sulfonamides is 1. The summed E-state index contributed by atoms with van der Waals surface area (Å²) in [6.45, 7) is 3.53. The molecule has 110 valence electrons. The van der Waals surface area contributed by atoms with Crippen LogP contribution < -0.4 is 0 Å². The highest BCUT2D eigenvalue weighted by atomic mass is 79.9. The third-order valence-electron chi connectivity index (χ3n) is 3.41. The molecule has 0 atom stereocenters. The molecule has 5 nitrogen and oxygen atoms in total. The van der Waals surface area contributed by atoms with E-state index in [0.29, 0.717) is 31.7 Å². The van der Waals surface area contributed by atoms with Crippen LogP contribution in [0.2, 0.25) is 0 Å². The lowest BCUT2D eigenvalue weighted by atomic mass is 10.1. The number of aryl methyl sites for hydroxylation is 1. The smallest absolute Gasteiger partial charge is 0.253 e. The number of halogens is 1. The highest BCUT2D eigenvalue weighted by Crippen LogP contribution is 2.19. The monoisotopic (exact) mass is 360 g/mol. The van der Waals surface area contributed by atoms with E-state index in [0.717, 1.165) is 10.0 Å². The molecule has 7 heteroatoms. The Kier molecular flexibility index (Phi) is 4.51. The van der Waals surface area contributed by atoms with E-state index < -0.39 is 10.0 Å². The Morgan fingerprint density at radius 3 is 2.30 bits per heavy atom. The lowest BCUT2D eigenvalue weighted by Gasteiger charge is -2.33. The van der Waals surface area contributed by atoms with Gasteiger partial charge in [-0.3, -0.25) is 4.79 Å². The van der Waals surface area contributed by atoms with Gasteiger partial charge < -0.3 is 4.90 Å². The molecule has 1 heterocycles. The van der Waals surface area contributed by atoms with Crippen LogP contribution in [0, 0.1) is 6.92 Å². The Balaban J connectivity index is 2.07. The van der Waals surface area contributed by atoms with Crippen LogP contribution in [0.5, 0.6) is 0 Å². The molecule has 0 unspecified atom stereocenters. The fourth-order valence-electron chi connectivity index (χ4n) is 2.13. The van der Waals surface area contributed by atoms with Crippen LogP contribution in [0.4, 0.5) is 0 Å². The molecule has 1 aromatic carbocycles. The third kappa shape index (κ3) is 3.39. The normalized spacial score (nSPS) is 17.2. The summed E-state index contributed by atoms with van der Waals surface area (Å²) in [6.07, 6.45) is 1.20. The molecule has 0 radical (unpaired) electrons. The molecular formula is C13H17BrN2O3S. The standard InChI is InChI=1S/C13H17BrN2O3S/c1-10-3-4-11(9-12(10)14)13(17)15-5-7-16(8-6-15)20(2,18)19/h3-4,9H,5-8H2,1-2H3. The first-order chi connectivity index (χ1) is 9.29. The van der Waals surface area contributed by atoms with Gasteiger partial charge in [-0.25, -0.2) is 8.42 Å². The maximum Gasteiger partial charge on any atom is 0.253 e. The van der Waals surface area contributed by atoms with Gasteiger partial charge in [0.2, 0.25) is 10.0 Å². The van der Waals surface area contributed by atoms with Crippen molar-refractivity contribution in [2.45, 2.75) is 6.92 Å². The average molecular weight is 361 g/mol. The third-order valence-corrected chi connectivity index (χ3v) is 5.57. The second-order valence-corrected chi connectivity index (χ2v) is 7.75. The lowest BCUT2D eigenvalue weighted by molar-refractivity contribution is 0.0698. The largest absolute Gasteiger partial charge is 0.336 e. The van der Waals surface area contributed by atoms with Gasteiger partial charge in [0.25, 0.3) is 5.91 Å². The molecule has 1 aliphatic rings. The van der Waals surface area contributed by atoms with Gasteiger partial charge in [-0.05, 0) is 24.6 Å². The van der Waals surface area contributed by atoms with E-state index >= 15 is 0 Å². The molecule has 1 fully saturated rings. The minimum Gasteiger partial charge on any atom is -0.336 e. The van der Waals surface area contributed by atoms with Crippen LogP contribution in [0.3, 0.4) is 0 Å². The summed E-state index contributed by atoms with van der Waals surface area (Å²) in [7, 11) is -3.16. The van der Waals surface area contributed by atoms with Crippen LogP contribution >= 0.6 is 15.9 Å². The van der Waals surface area contributed by atoms with Crippen LogP contribution in [-0.4, -0.2) is 56.0 Å². The van der Waals surface area contributed by atoms with Gasteiger partial charge in [-0.2, -0.15) is 4.31 Å². The van der Waals surface area contributed by atoms with E-state index in [4.69, 9.17) is 0 Å². The van der Waals surface area contributed by atoms with Gasteiger partial charge in [-0.15, -0.1) is 0 Å². The van der Waals surface area contributed by atoms with Gasteiger partial charge in [0.05, 0.1) is 6.26 Å². The van der Waals surface area contributed by atoms with E-state index in [9.17, 15) is 13.2 Å². The first-order valence-corrected chi connectivity index (χ1v) is 8.94. The molecule has 0 bridgehead atoms. The Hall–Kier alpha value is -0.920. The summed E-state index contributed by atoms with van der Waals surface area (Å²) in [5.74, 6) is -0.0566. The predicted octanol–water partition coefficient (Wildman–Crippen LogP) is 1.47. The van der Waals surface area contributed by atoms with E-state index in [-0.39, 0.29) is 5.91 Å². The van der Waals surface area contributed by atoms with Crippen molar-refractivity contribution in [3.05, 3.63) is 33.8 Å². The maximum atomic E-state index is 12.4. The van der Waals surface area contributed by atoms with Crippen LogP contribution in [0.25, 0.3) is 0 Å². The van der Waals surface area contributed by atoms with E-state index in [2.05, 4.69) is 15.9 Å². The number of carbonyl (C=O) groups excluding carboxylic acids is 1. The summed E-state index contributed by atoms with van der Waals surface area (Å²) >= 11 is 3.42. The summed E-state index contributed by atoms with van der Waals surface area (Å²) < 4.78 is 25.2. The molecule has 1 aromatic rings. The number of rotatable bonds is 2. The summed E-state index contributed by atoms with van der Waals surface area (Å²) in [5, 5.41) is 0.